The van der Waals surface area contributed by atoms with E-state index in [0.717, 1.165) is 29.9 Å². The van der Waals surface area contributed by atoms with Crippen molar-refractivity contribution in [2.75, 3.05) is 6.61 Å². The van der Waals surface area contributed by atoms with E-state index < -0.39 is 12.1 Å². The van der Waals surface area contributed by atoms with Crippen molar-refractivity contribution < 1.29 is 19.2 Å². The minimum Gasteiger partial charge on any atom is -0.459 e. The molecule has 2 aromatic heterocycles. The monoisotopic (exact) mass is 447 g/mol. The first-order chi connectivity index (χ1) is 15.6. The molecule has 0 spiro atoms. The van der Waals surface area contributed by atoms with Gasteiger partial charge in [-0.2, -0.15) is 0 Å². The van der Waals surface area contributed by atoms with Gasteiger partial charge in [0.25, 0.3) is 5.82 Å². The van der Waals surface area contributed by atoms with Crippen molar-refractivity contribution in [3.8, 4) is 11.1 Å². The van der Waals surface area contributed by atoms with Gasteiger partial charge in [-0.25, -0.2) is 13.9 Å². The highest BCUT2D eigenvalue weighted by atomic mass is 32.1. The quantitative estimate of drug-likeness (QED) is 0.307. The molecule has 0 aliphatic heterocycles. The molecular formula is C26H27N2O3S+. The fourth-order valence-corrected chi connectivity index (χ4v) is 4.62. The third kappa shape index (κ3) is 5.15. The summed E-state index contributed by atoms with van der Waals surface area (Å²) in [5.74, 6) is 0.480. The molecule has 32 heavy (non-hydrogen) atoms. The van der Waals surface area contributed by atoms with Crippen molar-refractivity contribution in [3.63, 3.8) is 0 Å². The van der Waals surface area contributed by atoms with Crippen molar-refractivity contribution in [1.82, 2.24) is 4.57 Å². The molecule has 0 fully saturated rings. The molecule has 2 heterocycles. The number of aliphatic hydroxyl groups excluding tert-OH is 1. The normalized spacial score (nSPS) is 11.9. The van der Waals surface area contributed by atoms with E-state index in [1.165, 1.54) is 16.9 Å². The highest BCUT2D eigenvalue weighted by Gasteiger charge is 2.24. The Morgan fingerprint density at radius 3 is 2.56 bits per heavy atom. The molecule has 0 aliphatic rings. The summed E-state index contributed by atoms with van der Waals surface area (Å²) < 4.78 is 9.66. The summed E-state index contributed by atoms with van der Waals surface area (Å²) in [4.78, 5) is 13.1. The molecule has 0 aliphatic carbocycles. The molecule has 1 atom stereocenters. The molecular weight excluding hydrogens is 420 g/mol. The average molecular weight is 448 g/mol. The lowest BCUT2D eigenvalue weighted by atomic mass is 10.0. The first kappa shape index (κ1) is 22.0. The number of imidazole rings is 1. The van der Waals surface area contributed by atoms with Crippen LogP contribution in [0.2, 0.25) is 0 Å². The molecule has 2 aromatic carbocycles. The van der Waals surface area contributed by atoms with Gasteiger partial charge < -0.3 is 9.84 Å². The second-order valence-electron chi connectivity index (χ2n) is 7.60. The number of benzene rings is 2. The number of hydrogen-bond donors (Lipinski definition) is 1. The molecule has 1 unspecified atom stereocenters. The van der Waals surface area contributed by atoms with Gasteiger partial charge >= 0.3 is 5.97 Å². The number of esters is 1. The van der Waals surface area contributed by atoms with Crippen LogP contribution in [-0.4, -0.2) is 22.2 Å². The molecule has 6 heteroatoms. The summed E-state index contributed by atoms with van der Waals surface area (Å²) in [6, 6.07) is 22.1. The maximum absolute atomic E-state index is 12.5. The lowest BCUT2D eigenvalue weighted by Crippen LogP contribution is -2.36. The van der Waals surface area contributed by atoms with Gasteiger partial charge in [-0.05, 0) is 28.1 Å². The average Bonchev–Trinajstić information content (AvgIpc) is 3.46. The van der Waals surface area contributed by atoms with Gasteiger partial charge in [0.15, 0.2) is 6.10 Å². The van der Waals surface area contributed by atoms with Gasteiger partial charge in [-0.15, -0.1) is 11.3 Å². The Hall–Kier alpha value is -3.22. The van der Waals surface area contributed by atoms with E-state index in [1.807, 2.05) is 60.2 Å². The molecule has 0 bridgehead atoms. The van der Waals surface area contributed by atoms with Crippen LogP contribution in [0.3, 0.4) is 0 Å². The predicted octanol–water partition coefficient (Wildman–Crippen LogP) is 4.33. The molecule has 0 saturated carbocycles. The van der Waals surface area contributed by atoms with Crippen LogP contribution in [0.5, 0.6) is 0 Å². The zero-order valence-electron chi connectivity index (χ0n) is 18.1. The van der Waals surface area contributed by atoms with Gasteiger partial charge in [0.2, 0.25) is 0 Å². The summed E-state index contributed by atoms with van der Waals surface area (Å²) in [5, 5.41) is 12.5. The number of carbonyl (C=O) groups is 1. The van der Waals surface area contributed by atoms with E-state index in [1.54, 1.807) is 0 Å². The van der Waals surface area contributed by atoms with E-state index in [9.17, 15) is 9.90 Å². The van der Waals surface area contributed by atoms with Crippen LogP contribution < -0.4 is 4.57 Å². The number of thiophene rings is 1. The number of aliphatic hydroxyl groups is 1. The van der Waals surface area contributed by atoms with Crippen LogP contribution in [0.15, 0.2) is 84.5 Å². The van der Waals surface area contributed by atoms with Gasteiger partial charge in [-0.3, -0.25) is 0 Å². The van der Waals surface area contributed by atoms with Crippen molar-refractivity contribution in [2.24, 2.45) is 0 Å². The van der Waals surface area contributed by atoms with E-state index in [2.05, 4.69) is 40.3 Å². The third-order valence-corrected chi connectivity index (χ3v) is 6.54. The Labute approximate surface area is 192 Å². The maximum atomic E-state index is 12.5. The van der Waals surface area contributed by atoms with Gasteiger partial charge in [0.1, 0.15) is 25.5 Å². The third-order valence-electron chi connectivity index (χ3n) is 5.57. The Kier molecular flexibility index (Phi) is 7.14. The minimum absolute atomic E-state index is 0.205. The molecule has 0 radical (unpaired) electrons. The number of carbonyl (C=O) groups excluding carboxylic acids is 1. The lowest BCUT2D eigenvalue weighted by Gasteiger charge is -2.11. The second kappa shape index (κ2) is 10.4. The molecule has 0 amide bonds. The number of ether oxygens (including phenoxy) is 1. The first-order valence-electron chi connectivity index (χ1n) is 10.7. The predicted molar refractivity (Wildman–Crippen MR) is 125 cm³/mol. The highest BCUT2D eigenvalue weighted by Crippen LogP contribution is 2.33. The zero-order valence-corrected chi connectivity index (χ0v) is 18.9. The van der Waals surface area contributed by atoms with Crippen molar-refractivity contribution in [1.29, 1.82) is 0 Å². The van der Waals surface area contributed by atoms with Crippen LogP contribution in [0.1, 0.15) is 22.4 Å². The Morgan fingerprint density at radius 2 is 1.81 bits per heavy atom. The van der Waals surface area contributed by atoms with Crippen LogP contribution in [0.25, 0.3) is 11.1 Å². The van der Waals surface area contributed by atoms with Gasteiger partial charge in [0, 0.05) is 13.3 Å². The number of aryl methyl sites for hydroxylation is 2. The summed E-state index contributed by atoms with van der Waals surface area (Å²) in [5.41, 5.74) is 3.14. The smallest absolute Gasteiger partial charge is 0.340 e. The topological polar surface area (TPSA) is 55.3 Å². The van der Waals surface area contributed by atoms with Gasteiger partial charge in [-0.1, -0.05) is 60.7 Å². The van der Waals surface area contributed by atoms with E-state index in [0.29, 0.717) is 11.4 Å². The molecule has 4 aromatic rings. The number of rotatable bonds is 9. The second-order valence-corrected chi connectivity index (χ2v) is 8.55. The van der Waals surface area contributed by atoms with Crippen molar-refractivity contribution in [3.05, 3.63) is 101 Å². The largest absolute Gasteiger partial charge is 0.459 e. The fourth-order valence-electron chi connectivity index (χ4n) is 3.73. The van der Waals surface area contributed by atoms with Crippen LogP contribution >= 0.6 is 11.3 Å². The Bertz CT molecular complexity index is 1150. The summed E-state index contributed by atoms with van der Waals surface area (Å²) in [7, 11) is 0. The summed E-state index contributed by atoms with van der Waals surface area (Å²) >= 11 is 1.36. The zero-order chi connectivity index (χ0) is 22.3. The molecule has 164 valence electrons. The summed E-state index contributed by atoms with van der Waals surface area (Å²) in [6.07, 6.45) is 3.72. The molecule has 5 nitrogen and oxygen atoms in total. The minimum atomic E-state index is -1.29. The maximum Gasteiger partial charge on any atom is 0.340 e. The fraction of sp³-hybridized carbons (Fsp3) is 0.231. The number of aromatic nitrogens is 2. The first-order valence-corrected chi connectivity index (χ1v) is 11.6. The number of nitrogens with zero attached hydrogens (tertiary/aromatic N) is 2. The Morgan fingerprint density at radius 1 is 1.09 bits per heavy atom. The van der Waals surface area contributed by atoms with Crippen LogP contribution in [-0.2, 0) is 29.0 Å². The molecule has 1 N–H and O–H groups in total. The van der Waals surface area contributed by atoms with Crippen molar-refractivity contribution >= 4 is 17.3 Å². The van der Waals surface area contributed by atoms with E-state index in [4.69, 9.17) is 4.74 Å². The molecule has 0 saturated heterocycles. The molecule has 4 rings (SSSR count). The van der Waals surface area contributed by atoms with E-state index >= 15 is 0 Å². The SMILES string of the molecule is Cc1n(CCOC(=O)C(O)c2sccc2-c2ccccc2)cc[n+]1CCc1ccccc1. The standard InChI is InChI=1S/C26H27N2O3S/c1-20-27(14-12-21-8-4-2-5-9-21)15-16-28(20)17-18-31-26(30)24(29)25-23(13-19-32-25)22-10-6-3-7-11-22/h2-11,13,15-16,19,24,29H,12,14,17-18H2,1H3/q+1. The van der Waals surface area contributed by atoms with Gasteiger partial charge in [0.05, 0.1) is 11.4 Å². The van der Waals surface area contributed by atoms with Crippen LogP contribution in [0.4, 0.5) is 0 Å². The lowest BCUT2D eigenvalue weighted by molar-refractivity contribution is -0.702. The summed E-state index contributed by atoms with van der Waals surface area (Å²) in [6.45, 7) is 3.69. The Balaban J connectivity index is 1.31. The van der Waals surface area contributed by atoms with Crippen LogP contribution in [0, 0.1) is 6.92 Å². The van der Waals surface area contributed by atoms with Crippen molar-refractivity contribution in [2.45, 2.75) is 32.5 Å². The van der Waals surface area contributed by atoms with E-state index in [-0.39, 0.29) is 6.61 Å². The highest BCUT2D eigenvalue weighted by molar-refractivity contribution is 7.10. The number of hydrogen-bond acceptors (Lipinski definition) is 4.